The summed E-state index contributed by atoms with van der Waals surface area (Å²) < 4.78 is 10.7. The van der Waals surface area contributed by atoms with Gasteiger partial charge in [-0.3, -0.25) is 4.79 Å². The second-order valence-electron chi connectivity index (χ2n) is 8.53. The molecule has 1 aliphatic heterocycles. The molecule has 0 radical (unpaired) electrons. The Kier molecular flexibility index (Phi) is 8.00. The summed E-state index contributed by atoms with van der Waals surface area (Å²) in [5.41, 5.74) is 1.75. The highest BCUT2D eigenvalue weighted by molar-refractivity contribution is 7.98. The van der Waals surface area contributed by atoms with Gasteiger partial charge in [0.15, 0.2) is 11.9 Å². The topological polar surface area (TPSA) is 85.5 Å². The maximum atomic E-state index is 12.9. The van der Waals surface area contributed by atoms with Gasteiger partial charge in [-0.15, -0.1) is 11.8 Å². The SMILES string of the molecule is Cc1noc(CSc2ccccc2C(=O)OC(C)C(=O)N2CCC(Cc3ccccc3)CC2)n1. The van der Waals surface area contributed by atoms with Crippen LogP contribution in [0.4, 0.5) is 0 Å². The number of hydrogen-bond acceptors (Lipinski definition) is 7. The molecule has 1 unspecified atom stereocenters. The van der Waals surface area contributed by atoms with Gasteiger partial charge in [0.2, 0.25) is 5.89 Å². The zero-order chi connectivity index (χ0) is 23.9. The van der Waals surface area contributed by atoms with Crippen LogP contribution in [0.3, 0.4) is 0 Å². The van der Waals surface area contributed by atoms with Crippen LogP contribution in [0, 0.1) is 12.8 Å². The Morgan fingerprint density at radius 1 is 1.12 bits per heavy atom. The van der Waals surface area contributed by atoms with Gasteiger partial charge in [0.25, 0.3) is 5.91 Å². The maximum Gasteiger partial charge on any atom is 0.340 e. The summed E-state index contributed by atoms with van der Waals surface area (Å²) in [7, 11) is 0. The summed E-state index contributed by atoms with van der Waals surface area (Å²) in [6, 6.07) is 17.6. The lowest BCUT2D eigenvalue weighted by atomic mass is 9.90. The van der Waals surface area contributed by atoms with E-state index in [1.165, 1.54) is 17.3 Å². The highest BCUT2D eigenvalue weighted by Gasteiger charge is 2.29. The Hall–Kier alpha value is -3.13. The fourth-order valence-electron chi connectivity index (χ4n) is 4.14. The first kappa shape index (κ1) is 24.0. The van der Waals surface area contributed by atoms with Crippen molar-refractivity contribution < 1.29 is 18.8 Å². The van der Waals surface area contributed by atoms with Crippen LogP contribution in [0.25, 0.3) is 0 Å². The Bertz CT molecular complexity index is 1110. The minimum absolute atomic E-state index is 0.141. The third kappa shape index (κ3) is 6.26. The molecule has 1 saturated heterocycles. The molecule has 4 rings (SSSR count). The largest absolute Gasteiger partial charge is 0.449 e. The van der Waals surface area contributed by atoms with Crippen LogP contribution < -0.4 is 0 Å². The van der Waals surface area contributed by atoms with Gasteiger partial charge in [0, 0.05) is 18.0 Å². The number of carbonyl (C=O) groups is 2. The van der Waals surface area contributed by atoms with Crippen molar-refractivity contribution in [2.24, 2.45) is 5.92 Å². The van der Waals surface area contributed by atoms with Crippen LogP contribution in [-0.4, -0.2) is 46.1 Å². The number of esters is 1. The van der Waals surface area contributed by atoms with E-state index in [9.17, 15) is 9.59 Å². The molecular weight excluding hydrogens is 450 g/mol. The standard InChI is InChI=1S/C26H29N3O4S/c1-18(25(30)29-14-12-21(13-15-29)16-20-8-4-3-5-9-20)32-26(31)22-10-6-7-11-23(22)34-17-24-27-19(2)28-33-24/h3-11,18,21H,12-17H2,1-2H3. The molecule has 0 aliphatic carbocycles. The van der Waals surface area contributed by atoms with Crippen molar-refractivity contribution in [3.05, 3.63) is 77.4 Å². The van der Waals surface area contributed by atoms with Crippen molar-refractivity contribution in [2.75, 3.05) is 13.1 Å². The van der Waals surface area contributed by atoms with E-state index in [2.05, 4.69) is 34.4 Å². The fourth-order valence-corrected chi connectivity index (χ4v) is 5.01. The highest BCUT2D eigenvalue weighted by Crippen LogP contribution is 2.27. The van der Waals surface area contributed by atoms with Crippen molar-refractivity contribution in [1.82, 2.24) is 15.0 Å². The predicted molar refractivity (Wildman–Crippen MR) is 129 cm³/mol. The summed E-state index contributed by atoms with van der Waals surface area (Å²) in [5.74, 6) is 1.42. The third-order valence-electron chi connectivity index (χ3n) is 5.95. The van der Waals surface area contributed by atoms with Gasteiger partial charge in [-0.2, -0.15) is 4.98 Å². The Morgan fingerprint density at radius 3 is 2.53 bits per heavy atom. The average molecular weight is 480 g/mol. The molecule has 3 aromatic rings. The molecule has 7 nitrogen and oxygen atoms in total. The highest BCUT2D eigenvalue weighted by atomic mass is 32.2. The van der Waals surface area contributed by atoms with E-state index in [-0.39, 0.29) is 5.91 Å². The fraction of sp³-hybridized carbons (Fsp3) is 0.385. The maximum absolute atomic E-state index is 12.9. The zero-order valence-corrected chi connectivity index (χ0v) is 20.3. The molecule has 2 heterocycles. The minimum atomic E-state index is -0.838. The van der Waals surface area contributed by atoms with E-state index in [1.54, 1.807) is 26.0 Å². The summed E-state index contributed by atoms with van der Waals surface area (Å²) in [6.07, 6.45) is 2.10. The van der Waals surface area contributed by atoms with Crippen LogP contribution in [0.5, 0.6) is 0 Å². The summed E-state index contributed by atoms with van der Waals surface area (Å²) in [4.78, 5) is 32.6. The number of aryl methyl sites for hydroxylation is 1. The first-order chi connectivity index (χ1) is 16.5. The van der Waals surface area contributed by atoms with Gasteiger partial charge >= 0.3 is 5.97 Å². The molecule has 2 aromatic carbocycles. The molecular formula is C26H29N3O4S. The van der Waals surface area contributed by atoms with Crippen molar-refractivity contribution >= 4 is 23.6 Å². The Morgan fingerprint density at radius 2 is 1.82 bits per heavy atom. The second-order valence-corrected chi connectivity index (χ2v) is 9.54. The molecule has 1 atom stereocenters. The van der Waals surface area contributed by atoms with Gasteiger partial charge in [0.1, 0.15) is 0 Å². The lowest BCUT2D eigenvalue weighted by Crippen LogP contribution is -2.44. The molecule has 8 heteroatoms. The number of likely N-dealkylation sites (tertiary alicyclic amines) is 1. The number of benzene rings is 2. The van der Waals surface area contributed by atoms with Gasteiger partial charge < -0.3 is 14.2 Å². The number of rotatable bonds is 8. The van der Waals surface area contributed by atoms with Gasteiger partial charge in [-0.05, 0) is 56.7 Å². The number of ether oxygens (including phenoxy) is 1. The molecule has 1 aliphatic rings. The Labute approximate surface area is 203 Å². The molecule has 0 saturated carbocycles. The number of thioether (sulfide) groups is 1. The lowest BCUT2D eigenvalue weighted by Gasteiger charge is -2.33. The van der Waals surface area contributed by atoms with E-state index in [4.69, 9.17) is 9.26 Å². The summed E-state index contributed by atoms with van der Waals surface area (Å²) in [5, 5.41) is 3.78. The summed E-state index contributed by atoms with van der Waals surface area (Å²) in [6.45, 7) is 4.78. The number of nitrogens with zero attached hydrogens (tertiary/aromatic N) is 3. The van der Waals surface area contributed by atoms with Crippen molar-refractivity contribution in [3.8, 4) is 0 Å². The normalized spacial score (nSPS) is 15.2. The third-order valence-corrected chi connectivity index (χ3v) is 7.01. The molecule has 1 amide bonds. The van der Waals surface area contributed by atoms with Gasteiger partial charge in [-0.25, -0.2) is 4.79 Å². The van der Waals surface area contributed by atoms with E-state index >= 15 is 0 Å². The lowest BCUT2D eigenvalue weighted by molar-refractivity contribution is -0.141. The first-order valence-corrected chi connectivity index (χ1v) is 12.5. The first-order valence-electron chi connectivity index (χ1n) is 11.5. The van der Waals surface area contributed by atoms with Crippen LogP contribution in [0.15, 0.2) is 64.0 Å². The minimum Gasteiger partial charge on any atom is -0.449 e. The monoisotopic (exact) mass is 479 g/mol. The number of amides is 1. The van der Waals surface area contributed by atoms with Gasteiger partial charge in [-0.1, -0.05) is 47.6 Å². The van der Waals surface area contributed by atoms with E-state index < -0.39 is 12.1 Å². The van der Waals surface area contributed by atoms with Crippen molar-refractivity contribution in [1.29, 1.82) is 0 Å². The van der Waals surface area contributed by atoms with E-state index in [0.29, 0.717) is 42.0 Å². The van der Waals surface area contributed by atoms with Crippen molar-refractivity contribution in [3.63, 3.8) is 0 Å². The number of carbonyl (C=O) groups excluding carboxylic acids is 2. The van der Waals surface area contributed by atoms with Crippen LogP contribution >= 0.6 is 11.8 Å². The molecule has 178 valence electrons. The molecule has 0 bridgehead atoms. The Balaban J connectivity index is 1.29. The van der Waals surface area contributed by atoms with E-state index in [1.807, 2.05) is 23.1 Å². The number of piperidine rings is 1. The molecule has 34 heavy (non-hydrogen) atoms. The molecule has 1 fully saturated rings. The predicted octanol–water partition coefficient (Wildman–Crippen LogP) is 4.70. The smallest absolute Gasteiger partial charge is 0.340 e. The van der Waals surface area contributed by atoms with Crippen molar-refractivity contribution in [2.45, 2.75) is 49.9 Å². The molecule has 0 spiro atoms. The molecule has 1 aromatic heterocycles. The molecule has 0 N–H and O–H groups in total. The number of aromatic nitrogens is 2. The van der Waals surface area contributed by atoms with Crippen LogP contribution in [0.1, 0.15) is 47.4 Å². The zero-order valence-electron chi connectivity index (χ0n) is 19.5. The van der Waals surface area contributed by atoms with Crippen LogP contribution in [-0.2, 0) is 21.7 Å². The number of hydrogen-bond donors (Lipinski definition) is 0. The summed E-state index contributed by atoms with van der Waals surface area (Å²) >= 11 is 1.41. The quantitative estimate of drug-likeness (QED) is 0.342. The van der Waals surface area contributed by atoms with Gasteiger partial charge in [0.05, 0.1) is 11.3 Å². The van der Waals surface area contributed by atoms with Crippen LogP contribution in [0.2, 0.25) is 0 Å². The average Bonchev–Trinajstić information content (AvgIpc) is 3.28. The second kappa shape index (κ2) is 11.3. The van der Waals surface area contributed by atoms with E-state index in [0.717, 1.165) is 24.2 Å².